The maximum atomic E-state index is 11.4. The Labute approximate surface area is 120 Å². The van der Waals surface area contributed by atoms with Gasteiger partial charge >= 0.3 is 6.03 Å². The highest BCUT2D eigenvalue weighted by Gasteiger charge is 2.03. The summed E-state index contributed by atoms with van der Waals surface area (Å²) >= 11 is 0. The quantitative estimate of drug-likeness (QED) is 0.696. The summed E-state index contributed by atoms with van der Waals surface area (Å²) in [6.45, 7) is 2.25. The highest BCUT2D eigenvalue weighted by atomic mass is 16.5. The zero-order valence-electron chi connectivity index (χ0n) is 12.3. The number of para-hydroxylation sites is 2. The highest BCUT2D eigenvalue weighted by Crippen LogP contribution is 2.25. The fourth-order valence-electron chi connectivity index (χ4n) is 1.52. The molecule has 0 aliphatic carbocycles. The summed E-state index contributed by atoms with van der Waals surface area (Å²) in [6, 6.07) is 7.23. The Morgan fingerprint density at radius 1 is 1.15 bits per heavy atom. The largest absolute Gasteiger partial charge is 0.493 e. The first-order valence-corrected chi connectivity index (χ1v) is 6.55. The molecule has 2 amide bonds. The third-order valence-corrected chi connectivity index (χ3v) is 2.56. The standard InChI is InChI=1S/C14H23N3O3/c1-17(2)10-8-15-14(18)16-9-11-20-13-7-5-4-6-12(13)19-3/h4-7H,8-11H2,1-3H3,(H2,15,16,18). The second-order valence-electron chi connectivity index (χ2n) is 4.49. The van der Waals surface area contributed by atoms with Crippen molar-refractivity contribution >= 4 is 6.03 Å². The molecule has 0 unspecified atom stereocenters. The summed E-state index contributed by atoms with van der Waals surface area (Å²) in [5, 5.41) is 5.49. The molecule has 0 aliphatic heterocycles. The molecule has 0 aromatic heterocycles. The molecule has 2 N–H and O–H groups in total. The van der Waals surface area contributed by atoms with E-state index >= 15 is 0 Å². The van der Waals surface area contributed by atoms with Gasteiger partial charge in [0.2, 0.25) is 0 Å². The van der Waals surface area contributed by atoms with Crippen LogP contribution in [0.5, 0.6) is 11.5 Å². The van der Waals surface area contributed by atoms with E-state index in [9.17, 15) is 4.79 Å². The van der Waals surface area contributed by atoms with Gasteiger partial charge in [0.15, 0.2) is 11.5 Å². The Morgan fingerprint density at radius 2 is 1.80 bits per heavy atom. The average Bonchev–Trinajstić information content (AvgIpc) is 2.43. The number of amides is 2. The summed E-state index contributed by atoms with van der Waals surface area (Å²) in [5.74, 6) is 1.35. The molecule has 0 bridgehead atoms. The normalized spacial score (nSPS) is 10.2. The molecular weight excluding hydrogens is 258 g/mol. The second kappa shape index (κ2) is 9.03. The van der Waals surface area contributed by atoms with Crippen LogP contribution < -0.4 is 20.1 Å². The van der Waals surface area contributed by atoms with Gasteiger partial charge in [-0.1, -0.05) is 12.1 Å². The lowest BCUT2D eigenvalue weighted by molar-refractivity contribution is 0.234. The summed E-state index contributed by atoms with van der Waals surface area (Å²) in [5.41, 5.74) is 0. The molecule has 6 nitrogen and oxygen atoms in total. The first-order chi connectivity index (χ1) is 9.63. The van der Waals surface area contributed by atoms with Crippen LogP contribution in [0.25, 0.3) is 0 Å². The minimum atomic E-state index is -0.185. The third-order valence-electron chi connectivity index (χ3n) is 2.56. The van der Waals surface area contributed by atoms with E-state index in [2.05, 4.69) is 10.6 Å². The van der Waals surface area contributed by atoms with E-state index in [0.717, 1.165) is 6.54 Å². The molecule has 1 rings (SSSR count). The Balaban J connectivity index is 2.16. The van der Waals surface area contributed by atoms with Crippen LogP contribution >= 0.6 is 0 Å². The highest BCUT2D eigenvalue weighted by molar-refractivity contribution is 5.73. The number of nitrogens with one attached hydrogen (secondary N) is 2. The minimum absolute atomic E-state index is 0.185. The first kappa shape index (κ1) is 16.1. The number of nitrogens with zero attached hydrogens (tertiary/aromatic N) is 1. The molecular formula is C14H23N3O3. The van der Waals surface area contributed by atoms with Gasteiger partial charge in [-0.05, 0) is 26.2 Å². The van der Waals surface area contributed by atoms with E-state index in [4.69, 9.17) is 9.47 Å². The summed E-state index contributed by atoms with van der Waals surface area (Å²) in [6.07, 6.45) is 0. The molecule has 0 atom stereocenters. The van der Waals surface area contributed by atoms with Gasteiger partial charge in [-0.2, -0.15) is 0 Å². The summed E-state index contributed by atoms with van der Waals surface area (Å²) in [4.78, 5) is 13.4. The van der Waals surface area contributed by atoms with Crippen LogP contribution in [-0.2, 0) is 0 Å². The van der Waals surface area contributed by atoms with Crippen LogP contribution in [0.4, 0.5) is 4.79 Å². The monoisotopic (exact) mass is 281 g/mol. The molecule has 0 spiro atoms. The van der Waals surface area contributed by atoms with Crippen LogP contribution in [0, 0.1) is 0 Å². The Hall–Kier alpha value is -1.95. The third kappa shape index (κ3) is 6.29. The van der Waals surface area contributed by atoms with Gasteiger partial charge in [0.25, 0.3) is 0 Å². The number of carbonyl (C=O) groups is 1. The molecule has 112 valence electrons. The van der Waals surface area contributed by atoms with Crippen molar-refractivity contribution in [3.63, 3.8) is 0 Å². The number of carbonyl (C=O) groups excluding carboxylic acids is 1. The predicted octanol–water partition coefficient (Wildman–Crippen LogP) is 0.935. The Kier molecular flexibility index (Phi) is 7.27. The minimum Gasteiger partial charge on any atom is -0.493 e. The van der Waals surface area contributed by atoms with Gasteiger partial charge in [-0.3, -0.25) is 0 Å². The number of urea groups is 1. The van der Waals surface area contributed by atoms with Crippen LogP contribution in [0.2, 0.25) is 0 Å². The zero-order chi connectivity index (χ0) is 14.8. The number of ether oxygens (including phenoxy) is 2. The number of hydrogen-bond donors (Lipinski definition) is 2. The van der Waals surface area contributed by atoms with Crippen molar-refractivity contribution in [2.75, 3.05) is 47.4 Å². The molecule has 0 radical (unpaired) electrons. The molecule has 1 aromatic carbocycles. The van der Waals surface area contributed by atoms with Gasteiger partial charge in [0.05, 0.1) is 13.7 Å². The summed E-state index contributed by atoms with van der Waals surface area (Å²) < 4.78 is 10.7. The van der Waals surface area contributed by atoms with E-state index in [1.165, 1.54) is 0 Å². The van der Waals surface area contributed by atoms with Gasteiger partial charge < -0.3 is 25.0 Å². The fraction of sp³-hybridized carbons (Fsp3) is 0.500. The Morgan fingerprint density at radius 3 is 2.45 bits per heavy atom. The predicted molar refractivity (Wildman–Crippen MR) is 78.4 cm³/mol. The Bertz CT molecular complexity index is 410. The topological polar surface area (TPSA) is 62.8 Å². The fourth-order valence-corrected chi connectivity index (χ4v) is 1.52. The van der Waals surface area contributed by atoms with Crippen molar-refractivity contribution in [1.29, 1.82) is 0 Å². The molecule has 1 aromatic rings. The maximum absolute atomic E-state index is 11.4. The van der Waals surface area contributed by atoms with E-state index in [1.807, 2.05) is 43.3 Å². The van der Waals surface area contributed by atoms with Crippen molar-refractivity contribution in [3.8, 4) is 11.5 Å². The van der Waals surface area contributed by atoms with Crippen molar-refractivity contribution in [2.24, 2.45) is 0 Å². The second-order valence-corrected chi connectivity index (χ2v) is 4.49. The van der Waals surface area contributed by atoms with E-state index in [0.29, 0.717) is 31.2 Å². The van der Waals surface area contributed by atoms with Gasteiger partial charge in [0, 0.05) is 13.1 Å². The number of methoxy groups -OCH3 is 1. The maximum Gasteiger partial charge on any atom is 0.314 e. The first-order valence-electron chi connectivity index (χ1n) is 6.55. The molecule has 0 saturated heterocycles. The van der Waals surface area contributed by atoms with E-state index < -0.39 is 0 Å². The molecule has 20 heavy (non-hydrogen) atoms. The SMILES string of the molecule is COc1ccccc1OCCNC(=O)NCCN(C)C. The van der Waals surface area contributed by atoms with Gasteiger partial charge in [0.1, 0.15) is 6.61 Å². The van der Waals surface area contributed by atoms with Crippen molar-refractivity contribution in [3.05, 3.63) is 24.3 Å². The van der Waals surface area contributed by atoms with Crippen LogP contribution in [-0.4, -0.2) is 58.4 Å². The number of rotatable bonds is 8. The van der Waals surface area contributed by atoms with E-state index in [-0.39, 0.29) is 6.03 Å². The molecule has 6 heteroatoms. The lowest BCUT2D eigenvalue weighted by Crippen LogP contribution is -2.40. The lowest BCUT2D eigenvalue weighted by atomic mass is 10.3. The van der Waals surface area contributed by atoms with E-state index in [1.54, 1.807) is 7.11 Å². The van der Waals surface area contributed by atoms with Crippen LogP contribution in [0.3, 0.4) is 0 Å². The zero-order valence-corrected chi connectivity index (χ0v) is 12.3. The van der Waals surface area contributed by atoms with Crippen molar-refractivity contribution in [1.82, 2.24) is 15.5 Å². The average molecular weight is 281 g/mol. The van der Waals surface area contributed by atoms with Gasteiger partial charge in [-0.25, -0.2) is 4.79 Å². The lowest BCUT2D eigenvalue weighted by Gasteiger charge is -2.12. The molecule has 0 saturated carbocycles. The van der Waals surface area contributed by atoms with Crippen LogP contribution in [0.1, 0.15) is 0 Å². The smallest absolute Gasteiger partial charge is 0.314 e. The van der Waals surface area contributed by atoms with Crippen molar-refractivity contribution in [2.45, 2.75) is 0 Å². The number of hydrogen-bond acceptors (Lipinski definition) is 4. The molecule has 0 heterocycles. The van der Waals surface area contributed by atoms with Crippen LogP contribution in [0.15, 0.2) is 24.3 Å². The molecule has 0 aliphatic rings. The molecule has 0 fully saturated rings. The van der Waals surface area contributed by atoms with Crippen molar-refractivity contribution < 1.29 is 14.3 Å². The number of benzene rings is 1. The van der Waals surface area contributed by atoms with Gasteiger partial charge in [-0.15, -0.1) is 0 Å². The number of likely N-dealkylation sites (N-methyl/N-ethyl adjacent to an activating group) is 1. The summed E-state index contributed by atoms with van der Waals surface area (Å²) in [7, 11) is 5.51.